The van der Waals surface area contributed by atoms with Crippen LogP contribution in [0.3, 0.4) is 0 Å². The molecule has 0 spiro atoms. The first-order valence-electron chi connectivity index (χ1n) is 6.05. The van der Waals surface area contributed by atoms with E-state index in [2.05, 4.69) is 15.7 Å². The molecule has 0 aliphatic rings. The Balaban J connectivity index is 2.54. The van der Waals surface area contributed by atoms with Crippen molar-refractivity contribution in [2.75, 3.05) is 11.9 Å². The number of carbonyl (C=O) groups is 2. The summed E-state index contributed by atoms with van der Waals surface area (Å²) in [5.74, 6) is 0.176. The normalized spacial score (nSPS) is 10.5. The van der Waals surface area contributed by atoms with Crippen LogP contribution in [0.1, 0.15) is 26.3 Å². The SMILES string of the molecule is CCn1ncc(C)c1NC(=O)CNC(=O)C(C)C. The van der Waals surface area contributed by atoms with E-state index in [1.807, 2.05) is 13.8 Å². The second kappa shape index (κ2) is 6.18. The van der Waals surface area contributed by atoms with Crippen molar-refractivity contribution < 1.29 is 9.59 Å². The second-order valence-corrected chi connectivity index (χ2v) is 4.41. The Hall–Kier alpha value is -1.85. The van der Waals surface area contributed by atoms with E-state index < -0.39 is 0 Å². The van der Waals surface area contributed by atoms with Crippen LogP contribution in [0.15, 0.2) is 6.20 Å². The van der Waals surface area contributed by atoms with Crippen LogP contribution in [0.5, 0.6) is 0 Å². The van der Waals surface area contributed by atoms with Crippen molar-refractivity contribution in [3.8, 4) is 0 Å². The zero-order valence-electron chi connectivity index (χ0n) is 11.3. The molecule has 0 saturated heterocycles. The number of aromatic nitrogens is 2. The van der Waals surface area contributed by atoms with Crippen LogP contribution in [0.4, 0.5) is 5.82 Å². The minimum absolute atomic E-state index is 0.0225. The molecular weight excluding hydrogens is 232 g/mol. The zero-order chi connectivity index (χ0) is 13.7. The van der Waals surface area contributed by atoms with Crippen LogP contribution in [0, 0.1) is 12.8 Å². The first-order chi connectivity index (χ1) is 8.45. The smallest absolute Gasteiger partial charge is 0.244 e. The summed E-state index contributed by atoms with van der Waals surface area (Å²) < 4.78 is 1.71. The van der Waals surface area contributed by atoms with Crippen LogP contribution >= 0.6 is 0 Å². The predicted molar refractivity (Wildman–Crippen MR) is 69.1 cm³/mol. The van der Waals surface area contributed by atoms with Gasteiger partial charge < -0.3 is 10.6 Å². The van der Waals surface area contributed by atoms with Crippen LogP contribution in [-0.4, -0.2) is 28.1 Å². The molecule has 0 bridgehead atoms. The van der Waals surface area contributed by atoms with E-state index in [1.165, 1.54) is 0 Å². The number of aryl methyl sites for hydroxylation is 2. The van der Waals surface area contributed by atoms with E-state index in [1.54, 1.807) is 24.7 Å². The summed E-state index contributed by atoms with van der Waals surface area (Å²) in [4.78, 5) is 23.0. The van der Waals surface area contributed by atoms with E-state index >= 15 is 0 Å². The number of nitrogens with one attached hydrogen (secondary N) is 2. The fraction of sp³-hybridized carbons (Fsp3) is 0.583. The van der Waals surface area contributed by atoms with Crippen molar-refractivity contribution in [3.63, 3.8) is 0 Å². The molecule has 0 aliphatic carbocycles. The van der Waals surface area contributed by atoms with Gasteiger partial charge in [-0.1, -0.05) is 13.8 Å². The van der Waals surface area contributed by atoms with Gasteiger partial charge in [0, 0.05) is 18.0 Å². The summed E-state index contributed by atoms with van der Waals surface area (Å²) in [5, 5.41) is 9.45. The largest absolute Gasteiger partial charge is 0.347 e. The molecule has 0 aliphatic heterocycles. The van der Waals surface area contributed by atoms with E-state index in [-0.39, 0.29) is 24.3 Å². The van der Waals surface area contributed by atoms with Crippen LogP contribution in [-0.2, 0) is 16.1 Å². The Labute approximate surface area is 107 Å². The topological polar surface area (TPSA) is 76.0 Å². The third-order valence-corrected chi connectivity index (χ3v) is 2.53. The highest BCUT2D eigenvalue weighted by molar-refractivity contribution is 5.94. The van der Waals surface area contributed by atoms with E-state index in [0.717, 1.165) is 5.56 Å². The minimum Gasteiger partial charge on any atom is -0.347 e. The average Bonchev–Trinajstić information content (AvgIpc) is 2.67. The first-order valence-corrected chi connectivity index (χ1v) is 6.05. The number of carbonyl (C=O) groups excluding carboxylic acids is 2. The predicted octanol–water partition coefficient (Wildman–Crippen LogP) is 0.922. The molecule has 2 N–H and O–H groups in total. The summed E-state index contributed by atoms with van der Waals surface area (Å²) in [5.41, 5.74) is 0.903. The Morgan fingerprint density at radius 2 is 2.11 bits per heavy atom. The number of hydrogen-bond acceptors (Lipinski definition) is 3. The second-order valence-electron chi connectivity index (χ2n) is 4.41. The van der Waals surface area contributed by atoms with Crippen molar-refractivity contribution in [3.05, 3.63) is 11.8 Å². The molecule has 100 valence electrons. The van der Waals surface area contributed by atoms with Crippen LogP contribution in [0.2, 0.25) is 0 Å². The molecule has 1 rings (SSSR count). The number of nitrogens with zero attached hydrogens (tertiary/aromatic N) is 2. The lowest BCUT2D eigenvalue weighted by Gasteiger charge is -2.10. The van der Waals surface area contributed by atoms with Gasteiger partial charge in [-0.05, 0) is 13.8 Å². The van der Waals surface area contributed by atoms with Gasteiger partial charge in [0.25, 0.3) is 0 Å². The Morgan fingerprint density at radius 1 is 1.44 bits per heavy atom. The van der Waals surface area contributed by atoms with Gasteiger partial charge in [-0.3, -0.25) is 9.59 Å². The van der Waals surface area contributed by atoms with Gasteiger partial charge in [-0.25, -0.2) is 4.68 Å². The number of rotatable bonds is 5. The third kappa shape index (κ3) is 3.58. The van der Waals surface area contributed by atoms with Gasteiger partial charge in [-0.2, -0.15) is 5.10 Å². The molecule has 0 radical (unpaired) electrons. The van der Waals surface area contributed by atoms with Crippen LogP contribution < -0.4 is 10.6 Å². The molecule has 1 aromatic heterocycles. The lowest BCUT2D eigenvalue weighted by atomic mass is 10.2. The van der Waals surface area contributed by atoms with Gasteiger partial charge in [-0.15, -0.1) is 0 Å². The lowest BCUT2D eigenvalue weighted by molar-refractivity contribution is -0.126. The highest BCUT2D eigenvalue weighted by atomic mass is 16.2. The van der Waals surface area contributed by atoms with Crippen molar-refractivity contribution >= 4 is 17.6 Å². The van der Waals surface area contributed by atoms with Crippen molar-refractivity contribution in [1.29, 1.82) is 0 Å². The monoisotopic (exact) mass is 252 g/mol. The maximum atomic E-state index is 11.7. The lowest BCUT2D eigenvalue weighted by Crippen LogP contribution is -2.35. The summed E-state index contributed by atoms with van der Waals surface area (Å²) in [6.45, 7) is 8.05. The van der Waals surface area contributed by atoms with E-state index in [0.29, 0.717) is 12.4 Å². The fourth-order valence-electron chi connectivity index (χ4n) is 1.43. The van der Waals surface area contributed by atoms with Gasteiger partial charge >= 0.3 is 0 Å². The van der Waals surface area contributed by atoms with Gasteiger partial charge in [0.1, 0.15) is 5.82 Å². The number of hydrogen-bond donors (Lipinski definition) is 2. The molecule has 1 aromatic rings. The molecular formula is C12H20N4O2. The third-order valence-electron chi connectivity index (χ3n) is 2.53. The molecule has 18 heavy (non-hydrogen) atoms. The highest BCUT2D eigenvalue weighted by Gasteiger charge is 2.12. The molecule has 6 nitrogen and oxygen atoms in total. The summed E-state index contributed by atoms with van der Waals surface area (Å²) in [6, 6.07) is 0. The van der Waals surface area contributed by atoms with Crippen molar-refractivity contribution in [2.45, 2.75) is 34.2 Å². The van der Waals surface area contributed by atoms with Crippen LogP contribution in [0.25, 0.3) is 0 Å². The Kier molecular flexibility index (Phi) is 4.88. The average molecular weight is 252 g/mol. The Bertz CT molecular complexity index is 437. The maximum absolute atomic E-state index is 11.7. The molecule has 0 fully saturated rings. The number of anilines is 1. The molecule has 6 heteroatoms. The summed E-state index contributed by atoms with van der Waals surface area (Å²) in [6.07, 6.45) is 1.70. The molecule has 0 aromatic carbocycles. The number of amides is 2. The molecule has 2 amide bonds. The minimum atomic E-state index is -0.248. The Morgan fingerprint density at radius 3 is 2.67 bits per heavy atom. The van der Waals surface area contributed by atoms with Gasteiger partial charge in [0.15, 0.2) is 0 Å². The highest BCUT2D eigenvalue weighted by Crippen LogP contribution is 2.13. The quantitative estimate of drug-likeness (QED) is 0.818. The van der Waals surface area contributed by atoms with Gasteiger partial charge in [0.2, 0.25) is 11.8 Å². The summed E-state index contributed by atoms with van der Waals surface area (Å²) >= 11 is 0. The van der Waals surface area contributed by atoms with Gasteiger partial charge in [0.05, 0.1) is 12.7 Å². The van der Waals surface area contributed by atoms with Crippen molar-refractivity contribution in [1.82, 2.24) is 15.1 Å². The standard InChI is InChI=1S/C12H20N4O2/c1-5-16-11(9(4)6-14-16)15-10(17)7-13-12(18)8(2)3/h6,8H,5,7H2,1-4H3,(H,13,18)(H,15,17). The molecule has 0 saturated carbocycles. The molecule has 0 unspecified atom stereocenters. The first kappa shape index (κ1) is 14.2. The molecule has 1 heterocycles. The van der Waals surface area contributed by atoms with E-state index in [4.69, 9.17) is 0 Å². The van der Waals surface area contributed by atoms with E-state index in [9.17, 15) is 9.59 Å². The van der Waals surface area contributed by atoms with Crippen molar-refractivity contribution in [2.24, 2.45) is 5.92 Å². The zero-order valence-corrected chi connectivity index (χ0v) is 11.3. The summed E-state index contributed by atoms with van der Waals surface area (Å²) in [7, 11) is 0. The fourth-order valence-corrected chi connectivity index (χ4v) is 1.43. The molecule has 0 atom stereocenters. The maximum Gasteiger partial charge on any atom is 0.244 e.